The number of rotatable bonds is 2. The van der Waals surface area contributed by atoms with Crippen LogP contribution in [0.3, 0.4) is 0 Å². The molecule has 2 rings (SSSR count). The molecule has 0 unspecified atom stereocenters. The number of hydrogen-bond donors (Lipinski definition) is 1. The van der Waals surface area contributed by atoms with Gasteiger partial charge in [-0.3, -0.25) is 4.90 Å². The lowest BCUT2D eigenvalue weighted by Gasteiger charge is -2.33. The summed E-state index contributed by atoms with van der Waals surface area (Å²) in [4.78, 5) is 15.6. The van der Waals surface area contributed by atoms with Crippen molar-refractivity contribution in [2.75, 3.05) is 38.0 Å². The van der Waals surface area contributed by atoms with Crippen molar-refractivity contribution < 1.29 is 13.6 Å². The number of amides is 2. The number of nitrogens with zero attached hydrogens (tertiary/aromatic N) is 2. The average Bonchev–Trinajstić information content (AvgIpc) is 2.38. The summed E-state index contributed by atoms with van der Waals surface area (Å²) in [6.07, 6.45) is 5.23. The summed E-state index contributed by atoms with van der Waals surface area (Å²) >= 11 is 0. The van der Waals surface area contributed by atoms with Crippen molar-refractivity contribution in [3.63, 3.8) is 0 Å². The van der Waals surface area contributed by atoms with Crippen LogP contribution < -0.4 is 5.32 Å². The van der Waals surface area contributed by atoms with Crippen molar-refractivity contribution in [3.8, 4) is 12.3 Å². The predicted octanol–water partition coefficient (Wildman–Crippen LogP) is 1.75. The average molecular weight is 279 g/mol. The Morgan fingerprint density at radius 3 is 2.35 bits per heavy atom. The second-order valence-corrected chi connectivity index (χ2v) is 4.56. The Bertz CT molecular complexity index is 513. The zero-order chi connectivity index (χ0) is 14.5. The first kappa shape index (κ1) is 14.3. The quantitative estimate of drug-likeness (QED) is 0.837. The van der Waals surface area contributed by atoms with Crippen molar-refractivity contribution in [2.45, 2.75) is 0 Å². The van der Waals surface area contributed by atoms with Crippen LogP contribution in [-0.2, 0) is 0 Å². The van der Waals surface area contributed by atoms with E-state index in [4.69, 9.17) is 6.42 Å². The third-order valence-electron chi connectivity index (χ3n) is 3.09. The van der Waals surface area contributed by atoms with Crippen molar-refractivity contribution in [1.82, 2.24) is 9.80 Å². The maximum Gasteiger partial charge on any atom is 0.321 e. The zero-order valence-electron chi connectivity index (χ0n) is 10.9. The summed E-state index contributed by atoms with van der Waals surface area (Å²) in [5.41, 5.74) is 0.110. The lowest BCUT2D eigenvalue weighted by atomic mass is 10.3. The van der Waals surface area contributed by atoms with Crippen LogP contribution in [0.4, 0.5) is 19.3 Å². The monoisotopic (exact) mass is 279 g/mol. The topological polar surface area (TPSA) is 35.6 Å². The third kappa shape index (κ3) is 3.68. The van der Waals surface area contributed by atoms with Crippen molar-refractivity contribution in [1.29, 1.82) is 0 Å². The molecule has 1 heterocycles. The summed E-state index contributed by atoms with van der Waals surface area (Å²) < 4.78 is 26.1. The van der Waals surface area contributed by atoms with Gasteiger partial charge in [-0.05, 0) is 12.1 Å². The molecule has 0 radical (unpaired) electrons. The molecule has 4 nitrogen and oxygen atoms in total. The largest absolute Gasteiger partial charge is 0.322 e. The van der Waals surface area contributed by atoms with Gasteiger partial charge in [-0.1, -0.05) is 5.92 Å². The van der Waals surface area contributed by atoms with Crippen molar-refractivity contribution >= 4 is 11.7 Å². The molecular weight excluding hydrogens is 264 g/mol. The number of carbonyl (C=O) groups excluding carboxylic acids is 1. The van der Waals surface area contributed by atoms with Crippen LogP contribution in [0.25, 0.3) is 0 Å². The molecule has 1 aromatic rings. The van der Waals surface area contributed by atoms with Crippen LogP contribution in [0.2, 0.25) is 0 Å². The van der Waals surface area contributed by atoms with Gasteiger partial charge in [-0.25, -0.2) is 13.6 Å². The fourth-order valence-corrected chi connectivity index (χ4v) is 2.07. The first-order valence-corrected chi connectivity index (χ1v) is 6.26. The molecule has 0 atom stereocenters. The predicted molar refractivity (Wildman–Crippen MR) is 72.2 cm³/mol. The molecule has 106 valence electrons. The normalized spacial score (nSPS) is 15.8. The van der Waals surface area contributed by atoms with Gasteiger partial charge in [0.15, 0.2) is 0 Å². The van der Waals surface area contributed by atoms with E-state index in [2.05, 4.69) is 16.1 Å². The molecule has 0 bridgehead atoms. The SMILES string of the molecule is C#CCN1CCN(C(=O)Nc2cc(F)cc(F)c2)CC1. The fourth-order valence-electron chi connectivity index (χ4n) is 2.07. The van der Waals surface area contributed by atoms with Gasteiger partial charge in [0.05, 0.1) is 6.54 Å². The summed E-state index contributed by atoms with van der Waals surface area (Å²) in [5.74, 6) is 1.11. The summed E-state index contributed by atoms with van der Waals surface area (Å²) in [7, 11) is 0. The molecule has 1 saturated heterocycles. The smallest absolute Gasteiger partial charge is 0.321 e. The van der Waals surface area contributed by atoms with E-state index < -0.39 is 11.6 Å². The van der Waals surface area contributed by atoms with E-state index in [1.807, 2.05) is 0 Å². The number of urea groups is 1. The number of hydrogen-bond acceptors (Lipinski definition) is 2. The number of piperazine rings is 1. The Hall–Kier alpha value is -2.13. The molecular formula is C14H15F2N3O. The summed E-state index contributed by atoms with van der Waals surface area (Å²) in [6.45, 7) is 3.01. The lowest BCUT2D eigenvalue weighted by molar-refractivity contribution is 0.157. The maximum absolute atomic E-state index is 13.0. The number of halogens is 2. The second kappa shape index (κ2) is 6.35. The highest BCUT2D eigenvalue weighted by atomic mass is 19.1. The highest BCUT2D eigenvalue weighted by Gasteiger charge is 2.20. The molecule has 0 aliphatic carbocycles. The number of benzene rings is 1. The van der Waals surface area contributed by atoms with Gasteiger partial charge in [0, 0.05) is 37.9 Å². The van der Waals surface area contributed by atoms with Gasteiger partial charge in [-0.15, -0.1) is 6.42 Å². The van der Waals surface area contributed by atoms with E-state index in [9.17, 15) is 13.6 Å². The Labute approximate surface area is 116 Å². The van der Waals surface area contributed by atoms with Gasteiger partial charge >= 0.3 is 6.03 Å². The Morgan fingerprint density at radius 1 is 1.20 bits per heavy atom. The first-order valence-electron chi connectivity index (χ1n) is 6.26. The van der Waals surface area contributed by atoms with Gasteiger partial charge in [0.25, 0.3) is 0 Å². The van der Waals surface area contributed by atoms with Crippen LogP contribution in [0.5, 0.6) is 0 Å². The van der Waals surface area contributed by atoms with E-state index in [1.165, 1.54) is 0 Å². The first-order chi connectivity index (χ1) is 9.58. The molecule has 1 aromatic carbocycles. The van der Waals surface area contributed by atoms with Crippen LogP contribution in [0, 0.1) is 24.0 Å². The number of nitrogens with one attached hydrogen (secondary N) is 1. The second-order valence-electron chi connectivity index (χ2n) is 4.56. The maximum atomic E-state index is 13.0. The Morgan fingerprint density at radius 2 is 1.80 bits per heavy atom. The molecule has 1 aliphatic rings. The minimum Gasteiger partial charge on any atom is -0.322 e. The van der Waals surface area contributed by atoms with E-state index in [0.717, 1.165) is 18.2 Å². The van der Waals surface area contributed by atoms with Crippen LogP contribution in [0.1, 0.15) is 0 Å². The van der Waals surface area contributed by atoms with Gasteiger partial charge < -0.3 is 10.2 Å². The van der Waals surface area contributed by atoms with Gasteiger partial charge in [0.2, 0.25) is 0 Å². The van der Waals surface area contributed by atoms with Crippen molar-refractivity contribution in [2.24, 2.45) is 0 Å². The van der Waals surface area contributed by atoms with Crippen molar-refractivity contribution in [3.05, 3.63) is 29.8 Å². The third-order valence-corrected chi connectivity index (χ3v) is 3.09. The summed E-state index contributed by atoms with van der Waals surface area (Å²) in [6, 6.07) is 2.55. The number of carbonyl (C=O) groups is 1. The molecule has 0 aromatic heterocycles. The standard InChI is InChI=1S/C14H15F2N3O/c1-2-3-18-4-6-19(7-5-18)14(20)17-13-9-11(15)8-12(16)10-13/h1,8-10H,3-7H2,(H,17,20). The zero-order valence-corrected chi connectivity index (χ0v) is 10.9. The minimum absolute atomic E-state index is 0.110. The van der Waals surface area contributed by atoms with Gasteiger partial charge in [-0.2, -0.15) is 0 Å². The fraction of sp³-hybridized carbons (Fsp3) is 0.357. The van der Waals surface area contributed by atoms with E-state index >= 15 is 0 Å². The number of anilines is 1. The molecule has 0 spiro atoms. The van der Waals surface area contributed by atoms with E-state index in [1.54, 1.807) is 4.90 Å². The molecule has 20 heavy (non-hydrogen) atoms. The highest BCUT2D eigenvalue weighted by Crippen LogP contribution is 2.14. The van der Waals surface area contributed by atoms with E-state index in [-0.39, 0.29) is 11.7 Å². The van der Waals surface area contributed by atoms with Gasteiger partial charge in [0.1, 0.15) is 11.6 Å². The molecule has 2 amide bonds. The Kier molecular flexibility index (Phi) is 4.53. The number of terminal acetylenes is 1. The lowest BCUT2D eigenvalue weighted by Crippen LogP contribution is -2.50. The highest BCUT2D eigenvalue weighted by molar-refractivity contribution is 5.89. The molecule has 0 saturated carbocycles. The van der Waals surface area contributed by atoms with E-state index in [0.29, 0.717) is 32.7 Å². The van der Waals surface area contributed by atoms with Crippen LogP contribution >= 0.6 is 0 Å². The summed E-state index contributed by atoms with van der Waals surface area (Å²) in [5, 5.41) is 2.49. The Balaban J connectivity index is 1.91. The molecule has 1 aliphatic heterocycles. The molecule has 1 fully saturated rings. The van der Waals surface area contributed by atoms with Crippen LogP contribution in [0.15, 0.2) is 18.2 Å². The minimum atomic E-state index is -0.723. The molecule has 1 N–H and O–H groups in total. The molecule has 6 heteroatoms. The van der Waals surface area contributed by atoms with Crippen LogP contribution in [-0.4, -0.2) is 48.6 Å².